The number of carboxylic acids is 1. The molecule has 0 aliphatic carbocycles. The predicted octanol–water partition coefficient (Wildman–Crippen LogP) is 2.39. The van der Waals surface area contributed by atoms with E-state index in [2.05, 4.69) is 163 Å². The molecule has 0 radical (unpaired) electrons. The molecule has 0 unspecified atom stereocenters. The second kappa shape index (κ2) is 36.5. The average Bonchev–Trinajstić information content (AvgIpc) is 0.944. The van der Waals surface area contributed by atoms with Gasteiger partial charge in [-0.3, -0.25) is 43.4 Å². The van der Waals surface area contributed by atoms with Gasteiger partial charge in [0.25, 0.3) is 22.2 Å². The minimum absolute atomic E-state index is 0.0789. The van der Waals surface area contributed by atoms with Crippen molar-refractivity contribution in [1.82, 2.24) is 99.9 Å². The fraction of sp³-hybridized carbons (Fsp3) is 0.442. The van der Waals surface area contributed by atoms with Crippen molar-refractivity contribution in [1.29, 1.82) is 0 Å². The summed E-state index contributed by atoms with van der Waals surface area (Å²) in [4.78, 5) is 171. The number of tetrazole rings is 1. The number of anilines is 6. The van der Waals surface area contributed by atoms with E-state index < -0.39 is 40.8 Å². The molecule has 650 valence electrons. The number of amides is 3. The van der Waals surface area contributed by atoms with Crippen LogP contribution >= 0.6 is 0 Å². The summed E-state index contributed by atoms with van der Waals surface area (Å²) in [5.41, 5.74) is 13.6. The number of piperidine rings is 2. The van der Waals surface area contributed by atoms with Crippen LogP contribution < -0.4 is 80.5 Å². The molecule has 0 bridgehead atoms. The van der Waals surface area contributed by atoms with Crippen LogP contribution in [-0.2, 0) is 25.7 Å². The van der Waals surface area contributed by atoms with Crippen LogP contribution in [0.25, 0.3) is 42.3 Å². The molecule has 4 fully saturated rings. The quantitative estimate of drug-likeness (QED) is 0.0607. The van der Waals surface area contributed by atoms with Gasteiger partial charge in [-0.2, -0.15) is 10.2 Å². The van der Waals surface area contributed by atoms with Crippen LogP contribution in [0.1, 0.15) is 116 Å². The van der Waals surface area contributed by atoms with E-state index in [4.69, 9.17) is 9.84 Å². The second-order valence-electron chi connectivity index (χ2n) is 33.5. The van der Waals surface area contributed by atoms with Gasteiger partial charge in [-0.05, 0) is 227 Å². The van der Waals surface area contributed by atoms with Gasteiger partial charge in [0.2, 0.25) is 11.8 Å². The number of likely N-dealkylation sites (tertiary alicyclic amines) is 3. The Morgan fingerprint density at radius 2 is 0.984 bits per heavy atom. The molecule has 1 atom stereocenters. The number of rotatable bonds is 17. The van der Waals surface area contributed by atoms with Crippen molar-refractivity contribution in [3.8, 4) is 11.5 Å². The summed E-state index contributed by atoms with van der Waals surface area (Å²) < 4.78 is 7.28. The van der Waals surface area contributed by atoms with Gasteiger partial charge in [0, 0.05) is 83.4 Å². The fourth-order valence-electron chi connectivity index (χ4n) is 16.4. The smallest absolute Gasteiger partial charge is 0.407 e. The molecule has 4 aromatic carbocycles. The minimum atomic E-state index is -1.17. The maximum Gasteiger partial charge on any atom is 0.407 e. The number of carbonyl (C=O) groups is 4. The molecule has 8 aromatic rings. The zero-order valence-electron chi connectivity index (χ0n) is 71.7. The highest BCUT2D eigenvalue weighted by atomic mass is 16.6. The lowest BCUT2D eigenvalue weighted by Crippen LogP contribution is -2.56. The number of carboxylic acid groups (broad SMARTS) is 1. The number of benzene rings is 4. The highest BCUT2D eigenvalue weighted by Gasteiger charge is 2.35. The SMILES string of the molecule is C=c1nc2c(c(=O)[nH]1)=Nc1cc(C)c(C)cc1N2CCN1CC(=O)N(CC(=O)O)CC1=O.C=c1nc2c(c(=O)[nH]1)=Nc1cc(C)c(C)cc1N2CCN1CCC(c2nn[nH]n2)CC1.C=c1nc2c(c(=O)[nH]1)=Nc1cc(C)c(C)cc1N2CCN1CCC[C@H]1CO.Cc1cc2nc3c(=O)[nH]c(=O)nc-3n(CCN3CCC(NC(=O)OC(C)(C)C)CC3)c2cc1C. The number of H-pyrrole nitrogens is 5. The number of hydrogen-bond acceptors (Lipinski definition) is 28. The number of fused-ring (bicyclic) bond motifs is 8. The third-order valence-corrected chi connectivity index (χ3v) is 23.6. The van der Waals surface area contributed by atoms with Crippen molar-refractivity contribution >= 4 is 106 Å². The fourth-order valence-corrected chi connectivity index (χ4v) is 16.4. The molecule has 9 aliphatic heterocycles. The van der Waals surface area contributed by atoms with Crippen molar-refractivity contribution in [2.75, 3.05) is 119 Å². The number of aromatic amines is 5. The second-order valence-corrected chi connectivity index (χ2v) is 33.5. The molecular formula is C86H104N26O12. The summed E-state index contributed by atoms with van der Waals surface area (Å²) in [6, 6.07) is 16.4. The van der Waals surface area contributed by atoms with Crippen molar-refractivity contribution < 1.29 is 34.1 Å². The van der Waals surface area contributed by atoms with Gasteiger partial charge in [-0.25, -0.2) is 44.5 Å². The van der Waals surface area contributed by atoms with E-state index in [1.165, 1.54) is 16.0 Å². The molecule has 0 saturated carbocycles. The summed E-state index contributed by atoms with van der Waals surface area (Å²) in [6.45, 7) is 41.6. The maximum atomic E-state index is 12.6. The molecule has 17 rings (SSSR count). The Morgan fingerprint density at radius 3 is 1.48 bits per heavy atom. The summed E-state index contributed by atoms with van der Waals surface area (Å²) in [5.74, 6) is 0.972. The lowest BCUT2D eigenvalue weighted by molar-refractivity contribution is -0.154. The van der Waals surface area contributed by atoms with Crippen molar-refractivity contribution in [3.05, 3.63) is 183 Å². The van der Waals surface area contributed by atoms with E-state index in [0.29, 0.717) is 88.3 Å². The van der Waals surface area contributed by atoms with Gasteiger partial charge >= 0.3 is 17.8 Å². The number of piperazine rings is 1. The van der Waals surface area contributed by atoms with Crippen molar-refractivity contribution in [3.63, 3.8) is 0 Å². The Hall–Kier alpha value is -13.2. The lowest BCUT2D eigenvalue weighted by Gasteiger charge is -2.35. The predicted molar refractivity (Wildman–Crippen MR) is 466 cm³/mol. The normalized spacial score (nSPS) is 16.5. The Kier molecular flexibility index (Phi) is 25.6. The van der Waals surface area contributed by atoms with Crippen LogP contribution in [0.15, 0.2) is 87.5 Å². The zero-order valence-corrected chi connectivity index (χ0v) is 71.7. The first-order valence-electron chi connectivity index (χ1n) is 41.5. The number of carbonyl (C=O) groups excluding carboxylic acids is 3. The molecule has 8 N–H and O–H groups in total. The molecule has 38 nitrogen and oxygen atoms in total. The number of alkyl carbamates (subject to hydrolysis) is 1. The van der Waals surface area contributed by atoms with Crippen molar-refractivity contribution in [2.24, 2.45) is 15.0 Å². The van der Waals surface area contributed by atoms with Gasteiger partial charge in [0.05, 0.1) is 58.3 Å². The largest absolute Gasteiger partial charge is 0.480 e. The zero-order chi connectivity index (χ0) is 88.4. The molecule has 38 heteroatoms. The van der Waals surface area contributed by atoms with Crippen molar-refractivity contribution in [2.45, 2.75) is 145 Å². The van der Waals surface area contributed by atoms with E-state index in [1.54, 1.807) is 4.90 Å². The van der Waals surface area contributed by atoms with Gasteiger partial charge in [0.1, 0.15) is 35.1 Å². The highest BCUT2D eigenvalue weighted by molar-refractivity contribution is 5.94. The summed E-state index contributed by atoms with van der Waals surface area (Å²) >= 11 is 0. The molecule has 4 saturated heterocycles. The monoisotopic (exact) mass is 1690 g/mol. The van der Waals surface area contributed by atoms with E-state index >= 15 is 0 Å². The Labute approximate surface area is 711 Å². The van der Waals surface area contributed by atoms with Crippen LogP contribution in [0.4, 0.5) is 56.4 Å². The van der Waals surface area contributed by atoms with E-state index in [0.717, 1.165) is 162 Å². The van der Waals surface area contributed by atoms with E-state index in [9.17, 15) is 48.3 Å². The van der Waals surface area contributed by atoms with E-state index in [-0.39, 0.29) is 84.5 Å². The molecule has 3 amide bonds. The molecule has 4 aromatic heterocycles. The van der Waals surface area contributed by atoms with Gasteiger partial charge < -0.3 is 74.1 Å². The number of hydrogen-bond donors (Lipinski definition) is 8. The van der Waals surface area contributed by atoms with Crippen LogP contribution in [-0.4, -0.2) is 251 Å². The third-order valence-electron chi connectivity index (χ3n) is 23.6. The van der Waals surface area contributed by atoms with Crippen LogP contribution in [0.3, 0.4) is 0 Å². The number of aliphatic carboxylic acids is 1. The molecular weight excluding hydrogens is 1590 g/mol. The first-order chi connectivity index (χ1) is 59.1. The van der Waals surface area contributed by atoms with Gasteiger partial charge in [-0.15, -0.1) is 10.2 Å². The number of aliphatic hydroxyl groups is 1. The number of aromatic nitrogens is 14. The highest BCUT2D eigenvalue weighted by Crippen LogP contribution is 2.40. The number of ether oxygens (including phenoxy) is 1. The molecule has 124 heavy (non-hydrogen) atoms. The first-order valence-corrected chi connectivity index (χ1v) is 41.5. The van der Waals surface area contributed by atoms with Gasteiger partial charge in [-0.1, -0.05) is 25.0 Å². The Bertz CT molecular complexity index is 6480. The molecule has 9 aliphatic rings. The Morgan fingerprint density at radius 1 is 0.524 bits per heavy atom. The number of nitrogens with zero attached hydrogens (tertiary/aromatic N) is 20. The molecule has 13 heterocycles. The standard InChI is InChI=1S/C24H32N6O4.C21H25N9O.C21H22N6O5.C20H25N5O2/c1-14-12-17-18(13-15(14)2)30(20-19(26-17)21(31)28-22(32)27-20)11-10-29-8-6-16(7-9-29)25-23(33)34-24(3,4)5;1-12-10-16-17(11-13(12)2)30(20-18(24-16)21(31)23-14(3)22-20)9-8-29-6-4-15(5-7-29)19-25-27-28-26-19;1-11-6-14-15(7-12(11)2)27(20-19(24-14)21(32)23-13(3)22-20)5-4-25-8-17(29)26(9-16(25)28)10-18(30)31;1-12-9-16-17(10-13(12)2)25(8-7-24-6-4-5-15(24)11-26)19-18(23-16)20(27)22-14(3)21-19/h12-13,16H,6-11H2,1-5H3,(H,25,33)(H,28,31,32);10-11,15H,3-9H2,1-2H3,(H,23,31)(H,25,26,27,28);6-7H,3-5,8-10H2,1-2H3,(H,23,32)(H,30,31);9-10,15,26H,3-8,11H2,1-2H3,(H,22,27)/t;;;15-/m...0/s1. The summed E-state index contributed by atoms with van der Waals surface area (Å²) in [6.07, 6.45) is 5.39. The number of aliphatic hydroxyl groups excluding tert-OH is 1. The van der Waals surface area contributed by atoms with Crippen LogP contribution in [0, 0.1) is 55.4 Å². The summed E-state index contributed by atoms with van der Waals surface area (Å²) in [7, 11) is 0. The topological polar surface area (TPSA) is 465 Å². The summed E-state index contributed by atoms with van der Waals surface area (Å²) in [5, 5.41) is 36.8. The number of aryl methyl sites for hydroxylation is 8. The minimum Gasteiger partial charge on any atom is -0.480 e. The Balaban J connectivity index is 0.000000135. The first kappa shape index (κ1) is 87.2. The number of nitrogens with one attached hydrogen (secondary N) is 6. The van der Waals surface area contributed by atoms with E-state index in [1.807, 2.05) is 96.4 Å². The average molecular weight is 1690 g/mol. The van der Waals surface area contributed by atoms with Gasteiger partial charge in [0.15, 0.2) is 50.9 Å². The van der Waals surface area contributed by atoms with Crippen LogP contribution in [0.5, 0.6) is 0 Å². The maximum absolute atomic E-state index is 12.6. The third kappa shape index (κ3) is 19.5. The van der Waals surface area contributed by atoms with Crippen LogP contribution in [0.2, 0.25) is 0 Å². The lowest BCUT2D eigenvalue weighted by atomic mass is 9.96. The molecule has 0 spiro atoms.